The van der Waals surface area contributed by atoms with E-state index in [1.807, 2.05) is 55.3 Å². The van der Waals surface area contributed by atoms with Crippen LogP contribution in [0.3, 0.4) is 0 Å². The van der Waals surface area contributed by atoms with Gasteiger partial charge < -0.3 is 0 Å². The van der Waals surface area contributed by atoms with Gasteiger partial charge in [0.05, 0.1) is 6.54 Å². The highest BCUT2D eigenvalue weighted by molar-refractivity contribution is 5.90. The summed E-state index contributed by atoms with van der Waals surface area (Å²) < 4.78 is 0.290. The molecule has 1 fully saturated rings. The normalized spacial score (nSPS) is 23.3. The first-order chi connectivity index (χ1) is 8.60. The summed E-state index contributed by atoms with van der Waals surface area (Å²) in [6.45, 7) is 9.97. The fraction of sp³-hybridized carbons (Fsp3) is 0.333. The summed E-state index contributed by atoms with van der Waals surface area (Å²) in [6, 6.07) is 10.1. The Balaban J connectivity index is 2.50. The Morgan fingerprint density at radius 3 is 2.56 bits per heavy atom. The maximum absolute atomic E-state index is 12.6. The predicted octanol–water partition coefficient (Wildman–Crippen LogP) is 3.19. The average molecular weight is 244 g/mol. The van der Waals surface area contributed by atoms with E-state index >= 15 is 0 Å². The summed E-state index contributed by atoms with van der Waals surface area (Å²) >= 11 is 0. The van der Waals surface area contributed by atoms with Crippen LogP contribution in [0.15, 0.2) is 42.1 Å². The third-order valence-electron chi connectivity index (χ3n) is 3.30. The molecule has 1 aromatic rings. The number of urea groups is 1. The summed E-state index contributed by atoms with van der Waals surface area (Å²) in [4.78, 5) is 14.4. The lowest BCUT2D eigenvalue weighted by molar-refractivity contribution is 0.205. The van der Waals surface area contributed by atoms with Gasteiger partial charge in [-0.15, -0.1) is 0 Å². The van der Waals surface area contributed by atoms with Crippen molar-refractivity contribution in [3.8, 4) is 0 Å². The molecule has 1 heterocycles. The molecule has 1 atom stereocenters. The standard InChI is InChI=1S/C15H20N2O/c1-4-16-10-11-17(15(16)18,12-13(2)3)14-8-6-5-7-9-14/h5-9,12H,1,4,10-11H2,2-3H3/q+1. The quantitative estimate of drug-likeness (QED) is 0.748. The van der Waals surface area contributed by atoms with E-state index in [4.69, 9.17) is 0 Å². The van der Waals surface area contributed by atoms with E-state index in [9.17, 15) is 4.79 Å². The van der Waals surface area contributed by atoms with Gasteiger partial charge in [-0.25, -0.2) is 4.79 Å². The van der Waals surface area contributed by atoms with Crippen LogP contribution < -0.4 is 4.48 Å². The molecule has 1 aliphatic rings. The number of nitrogens with zero attached hydrogens (tertiary/aromatic N) is 2. The van der Waals surface area contributed by atoms with Crippen LogP contribution >= 0.6 is 0 Å². The zero-order valence-electron chi connectivity index (χ0n) is 11.1. The van der Waals surface area contributed by atoms with Crippen LogP contribution in [0.2, 0.25) is 0 Å². The molecular weight excluding hydrogens is 224 g/mol. The van der Waals surface area contributed by atoms with E-state index in [0.717, 1.165) is 24.4 Å². The minimum absolute atomic E-state index is 0.123. The second-order valence-electron chi connectivity index (χ2n) is 4.90. The van der Waals surface area contributed by atoms with Gasteiger partial charge in [0.1, 0.15) is 18.4 Å². The molecule has 18 heavy (non-hydrogen) atoms. The van der Waals surface area contributed by atoms with Crippen molar-refractivity contribution in [2.75, 3.05) is 19.6 Å². The summed E-state index contributed by atoms with van der Waals surface area (Å²) in [7, 11) is 0. The number of amides is 2. The van der Waals surface area contributed by atoms with Crippen LogP contribution in [0.1, 0.15) is 13.8 Å². The van der Waals surface area contributed by atoms with Crippen molar-refractivity contribution >= 4 is 11.7 Å². The van der Waals surface area contributed by atoms with Crippen molar-refractivity contribution in [2.24, 2.45) is 0 Å². The van der Waals surface area contributed by atoms with E-state index in [1.165, 1.54) is 0 Å². The van der Waals surface area contributed by atoms with E-state index in [1.54, 1.807) is 0 Å². The maximum atomic E-state index is 12.6. The van der Waals surface area contributed by atoms with Gasteiger partial charge in [0.2, 0.25) is 0 Å². The van der Waals surface area contributed by atoms with Crippen molar-refractivity contribution in [2.45, 2.75) is 13.8 Å². The molecule has 0 aromatic heterocycles. The van der Waals surface area contributed by atoms with Crippen LogP contribution in [0.25, 0.3) is 0 Å². The number of para-hydroxylation sites is 1. The molecule has 1 aromatic carbocycles. The van der Waals surface area contributed by atoms with Gasteiger partial charge in [0, 0.05) is 18.7 Å². The Labute approximate surface area is 109 Å². The zero-order valence-corrected chi connectivity index (χ0v) is 11.1. The third kappa shape index (κ3) is 2.06. The van der Waals surface area contributed by atoms with E-state index < -0.39 is 0 Å². The lowest BCUT2D eigenvalue weighted by Gasteiger charge is -2.26. The molecule has 1 aliphatic heterocycles. The van der Waals surface area contributed by atoms with Crippen LogP contribution in [-0.4, -0.2) is 30.6 Å². The second kappa shape index (κ2) is 4.94. The number of carbonyl (C=O) groups excluding carboxylic acids is 1. The van der Waals surface area contributed by atoms with E-state index in [0.29, 0.717) is 11.0 Å². The first kappa shape index (κ1) is 12.8. The second-order valence-corrected chi connectivity index (χ2v) is 4.90. The fourth-order valence-corrected chi connectivity index (χ4v) is 2.50. The Morgan fingerprint density at radius 1 is 1.39 bits per heavy atom. The van der Waals surface area contributed by atoms with Gasteiger partial charge in [-0.05, 0) is 26.3 Å². The molecule has 0 saturated carbocycles. The smallest absolute Gasteiger partial charge is 0.286 e. The van der Waals surface area contributed by atoms with Gasteiger partial charge in [0.25, 0.3) is 0 Å². The van der Waals surface area contributed by atoms with Crippen LogP contribution in [0.4, 0.5) is 10.5 Å². The van der Waals surface area contributed by atoms with Gasteiger partial charge in [0.15, 0.2) is 0 Å². The Kier molecular flexibility index (Phi) is 3.53. The monoisotopic (exact) mass is 244 g/mol. The van der Waals surface area contributed by atoms with Crippen molar-refractivity contribution in [1.29, 1.82) is 0 Å². The first-order valence-corrected chi connectivity index (χ1v) is 6.28. The molecule has 0 spiro atoms. The summed E-state index contributed by atoms with van der Waals surface area (Å²) in [5.74, 6) is 0. The van der Waals surface area contributed by atoms with Crippen LogP contribution in [0, 0.1) is 6.92 Å². The number of benzene rings is 1. The molecule has 0 N–H and O–H groups in total. The largest absolute Gasteiger partial charge is 0.429 e. The number of hydrogen-bond donors (Lipinski definition) is 0. The minimum atomic E-state index is 0.123. The lowest BCUT2D eigenvalue weighted by atomic mass is 10.2. The average Bonchev–Trinajstić information content (AvgIpc) is 2.68. The van der Waals surface area contributed by atoms with Crippen LogP contribution in [0.5, 0.6) is 0 Å². The molecular formula is C15H20N2O+. The van der Waals surface area contributed by atoms with E-state index in [-0.39, 0.29) is 6.03 Å². The number of allylic oxidation sites excluding steroid dienone is 1. The highest BCUT2D eigenvalue weighted by Gasteiger charge is 2.46. The molecule has 0 bridgehead atoms. The minimum Gasteiger partial charge on any atom is -0.286 e. The summed E-state index contributed by atoms with van der Waals surface area (Å²) in [5, 5.41) is 0. The Morgan fingerprint density at radius 2 is 2.06 bits per heavy atom. The van der Waals surface area contributed by atoms with Crippen molar-refractivity contribution < 1.29 is 4.79 Å². The number of quaternary nitrogens is 1. The lowest BCUT2D eigenvalue weighted by Crippen LogP contribution is -2.47. The van der Waals surface area contributed by atoms with Gasteiger partial charge in [-0.2, -0.15) is 4.48 Å². The number of rotatable bonds is 3. The highest BCUT2D eigenvalue weighted by Crippen LogP contribution is 2.30. The summed E-state index contributed by atoms with van der Waals surface area (Å²) in [6.07, 6.45) is 2.05. The summed E-state index contributed by atoms with van der Waals surface area (Å²) in [5.41, 5.74) is 2.18. The molecule has 1 unspecified atom stereocenters. The topological polar surface area (TPSA) is 20.3 Å². The molecule has 95 valence electrons. The van der Waals surface area contributed by atoms with Gasteiger partial charge in [-0.3, -0.25) is 4.90 Å². The number of carbonyl (C=O) groups is 1. The van der Waals surface area contributed by atoms with E-state index in [2.05, 4.69) is 6.92 Å². The molecule has 2 rings (SSSR count). The number of hydrogen-bond acceptors (Lipinski definition) is 1. The van der Waals surface area contributed by atoms with Crippen LogP contribution in [-0.2, 0) is 0 Å². The Hall–Kier alpha value is -1.61. The predicted molar refractivity (Wildman–Crippen MR) is 74.9 cm³/mol. The van der Waals surface area contributed by atoms with Crippen molar-refractivity contribution in [3.05, 3.63) is 49.0 Å². The Bertz CT molecular complexity index is 463. The zero-order chi connectivity index (χ0) is 13.2. The van der Waals surface area contributed by atoms with Gasteiger partial charge >= 0.3 is 6.03 Å². The third-order valence-corrected chi connectivity index (χ3v) is 3.30. The first-order valence-electron chi connectivity index (χ1n) is 6.28. The molecule has 2 amide bonds. The van der Waals surface area contributed by atoms with Crippen molar-refractivity contribution in [1.82, 2.24) is 9.38 Å². The molecule has 3 heteroatoms. The molecule has 1 saturated heterocycles. The van der Waals surface area contributed by atoms with Gasteiger partial charge in [-0.1, -0.05) is 18.2 Å². The molecule has 3 nitrogen and oxygen atoms in total. The molecule has 1 radical (unpaired) electrons. The molecule has 0 aliphatic carbocycles. The highest BCUT2D eigenvalue weighted by atomic mass is 16.2. The fourth-order valence-electron chi connectivity index (χ4n) is 2.50. The SMILES string of the molecule is [CH2]CN1CC[N+](C=C(C)C)(c2ccccc2)C1=O. The maximum Gasteiger partial charge on any atom is 0.429 e. The van der Waals surface area contributed by atoms with Crippen molar-refractivity contribution in [3.63, 3.8) is 0 Å².